The highest BCUT2D eigenvalue weighted by Gasteiger charge is 2.35. The normalized spacial score (nSPS) is 12.9. The van der Waals surface area contributed by atoms with Gasteiger partial charge in [-0.05, 0) is 49.9 Å². The van der Waals surface area contributed by atoms with Crippen molar-refractivity contribution < 1.29 is 35.9 Å². The summed E-state index contributed by atoms with van der Waals surface area (Å²) in [4.78, 5) is 49.0. The van der Waals surface area contributed by atoms with Crippen molar-refractivity contribution >= 4 is 76.8 Å². The van der Waals surface area contributed by atoms with Gasteiger partial charge in [0.2, 0.25) is 0 Å². The number of anilines is 6. The predicted octanol–water partition coefficient (Wildman–Crippen LogP) is 8.49. The summed E-state index contributed by atoms with van der Waals surface area (Å²) in [6, 6.07) is 6.49. The average molecular weight is 995 g/mol. The molecule has 0 fully saturated rings. The van der Waals surface area contributed by atoms with Crippen molar-refractivity contribution in [2.24, 2.45) is 5.41 Å². The summed E-state index contributed by atoms with van der Waals surface area (Å²) < 4.78 is 64.4. The Balaban J connectivity index is 0.000000341. The summed E-state index contributed by atoms with van der Waals surface area (Å²) in [5.41, 5.74) is -3.06. The molecule has 6 aromatic rings. The Bertz CT molecular complexity index is 2970. The molecule has 0 aliphatic carbocycles. The molecule has 6 N–H and O–H groups in total. The van der Waals surface area contributed by atoms with Crippen LogP contribution in [0.1, 0.15) is 112 Å². The van der Waals surface area contributed by atoms with E-state index in [4.69, 9.17) is 8.83 Å². The van der Waals surface area contributed by atoms with Gasteiger partial charge in [0.25, 0.3) is 41.8 Å². The number of hydrogen-bond donors (Lipinski definition) is 6. The van der Waals surface area contributed by atoms with Gasteiger partial charge < -0.3 is 40.3 Å². The van der Waals surface area contributed by atoms with E-state index in [2.05, 4.69) is 21.3 Å². The van der Waals surface area contributed by atoms with Gasteiger partial charge in [-0.25, -0.2) is 16.8 Å². The van der Waals surface area contributed by atoms with E-state index >= 15 is 0 Å². The number of sulfonamides is 2. The van der Waals surface area contributed by atoms with Crippen LogP contribution in [0.4, 0.5) is 34.1 Å². The molecule has 0 saturated heterocycles. The molecule has 4 heterocycles. The van der Waals surface area contributed by atoms with Gasteiger partial charge in [0.15, 0.2) is 19.9 Å². The molecule has 6 rings (SSSR count). The molecule has 22 heteroatoms. The SMILES string of the molecule is C.C.CCN(CC)S(=O)(=O)c1scc(Nc2c(N[C@@H](c3ccc(C)o3)C(C)(C)C)c(=O)c2=O)c1O.CC[C@@H](Nc1c(Nc2csc(S(=O)(=O)N(CC)CC)c2O)c(=O)c1=O)c1ccc(C)o1. The molecule has 66 heavy (non-hydrogen) atoms. The molecule has 0 spiro atoms. The zero-order chi connectivity index (χ0) is 47.6. The van der Waals surface area contributed by atoms with Crippen LogP contribution in [0.5, 0.6) is 11.5 Å². The molecule has 4 aromatic heterocycles. The third-order valence-electron chi connectivity index (χ3n) is 10.4. The van der Waals surface area contributed by atoms with Gasteiger partial charge in [-0.1, -0.05) is 70.2 Å². The Kier molecular flexibility index (Phi) is 18.0. The molecule has 0 aliphatic heterocycles. The molecule has 0 radical (unpaired) electrons. The Labute approximate surface area is 393 Å². The van der Waals surface area contributed by atoms with E-state index in [-0.39, 0.29) is 95.0 Å². The van der Waals surface area contributed by atoms with Crippen molar-refractivity contribution in [2.75, 3.05) is 47.4 Å². The van der Waals surface area contributed by atoms with Crippen LogP contribution in [0.15, 0.2) is 71.5 Å². The summed E-state index contributed by atoms with van der Waals surface area (Å²) in [5, 5.41) is 35.5. The quantitative estimate of drug-likeness (QED) is 0.0416. The van der Waals surface area contributed by atoms with Gasteiger partial charge in [-0.15, -0.1) is 22.7 Å². The fourth-order valence-corrected chi connectivity index (χ4v) is 12.5. The molecule has 0 saturated carbocycles. The maximum absolute atomic E-state index is 12.8. The topological polar surface area (TPSA) is 258 Å². The van der Waals surface area contributed by atoms with Crippen LogP contribution in [0.25, 0.3) is 0 Å². The predicted molar refractivity (Wildman–Crippen MR) is 264 cm³/mol. The maximum Gasteiger partial charge on any atom is 0.256 e. The first kappa shape index (κ1) is 55.1. The fourth-order valence-electron chi connectivity index (χ4n) is 6.80. The molecule has 0 aliphatic rings. The third kappa shape index (κ3) is 10.8. The van der Waals surface area contributed by atoms with E-state index in [1.54, 1.807) is 33.8 Å². The molecule has 0 unspecified atom stereocenters. The third-order valence-corrected chi connectivity index (χ3v) is 17.5. The molecular weight excluding hydrogens is 933 g/mol. The highest BCUT2D eigenvalue weighted by molar-refractivity contribution is 7.91. The number of nitrogens with one attached hydrogen (secondary N) is 4. The zero-order valence-electron chi connectivity index (χ0n) is 37.2. The lowest BCUT2D eigenvalue weighted by molar-refractivity contribution is 0.300. The highest BCUT2D eigenvalue weighted by Crippen LogP contribution is 2.43. The monoisotopic (exact) mass is 994 g/mol. The molecule has 2 atom stereocenters. The summed E-state index contributed by atoms with van der Waals surface area (Å²) in [6.45, 7) is 19.3. The van der Waals surface area contributed by atoms with Crippen molar-refractivity contribution in [3.63, 3.8) is 0 Å². The number of aryl methyl sites for hydroxylation is 2. The van der Waals surface area contributed by atoms with Crippen LogP contribution in [0.2, 0.25) is 0 Å². The first-order chi connectivity index (χ1) is 30.0. The first-order valence-corrected chi connectivity index (χ1v) is 25.1. The number of hydrogen-bond acceptors (Lipinski definition) is 18. The second-order valence-corrected chi connectivity index (χ2v) is 21.8. The Morgan fingerprint density at radius 2 is 0.970 bits per heavy atom. The lowest BCUT2D eigenvalue weighted by Gasteiger charge is -2.31. The second-order valence-electron chi connectivity index (χ2n) is 15.8. The molecule has 0 bridgehead atoms. The van der Waals surface area contributed by atoms with E-state index in [9.17, 15) is 46.2 Å². The van der Waals surface area contributed by atoms with Crippen LogP contribution in [-0.2, 0) is 20.0 Å². The minimum Gasteiger partial charge on any atom is -0.504 e. The smallest absolute Gasteiger partial charge is 0.256 e. The summed E-state index contributed by atoms with van der Waals surface area (Å²) in [5.74, 6) is 1.72. The van der Waals surface area contributed by atoms with Crippen molar-refractivity contribution in [2.45, 2.75) is 111 Å². The van der Waals surface area contributed by atoms with E-state index in [1.807, 2.05) is 59.7 Å². The van der Waals surface area contributed by atoms with Gasteiger partial charge >= 0.3 is 0 Å². The Hall–Kier alpha value is -5.26. The standard InChI is InChI=1S/C22H29N3O6S2.C20H25N3O6S2.2CH4/c1-7-25(8-2)33(29,30)21-17(26)13(11-32-21)23-15-16(19(28)18(15)27)24-20(22(4,5)6)14-10-9-12(3)31-14;1-5-12(14-9-8-11(4)29-14)21-15-16(19(26)18(15)25)22-13-10-30-20(17(13)24)31(27,28)23(6-2)7-3;;/h9-11,20,23-24,26H,7-8H2,1-6H3;8-10,12,21-22,24H,5-7H2,1-4H3;2*1H4/t20-;12-;;/m01../s1. The van der Waals surface area contributed by atoms with Crippen molar-refractivity contribution in [3.8, 4) is 11.5 Å². The molecule has 364 valence electrons. The zero-order valence-corrected chi connectivity index (χ0v) is 40.4. The second kappa shape index (κ2) is 21.6. The van der Waals surface area contributed by atoms with Crippen molar-refractivity contribution in [1.29, 1.82) is 0 Å². The number of nitrogens with zero attached hydrogens (tertiary/aromatic N) is 2. The summed E-state index contributed by atoms with van der Waals surface area (Å²) in [6.07, 6.45) is 0.598. The van der Waals surface area contributed by atoms with Gasteiger partial charge in [-0.3, -0.25) is 19.2 Å². The number of furan rings is 2. The Morgan fingerprint density at radius 1 is 0.606 bits per heavy atom. The van der Waals surface area contributed by atoms with Crippen molar-refractivity contribution in [3.05, 3.63) is 99.0 Å². The lowest BCUT2D eigenvalue weighted by Crippen LogP contribution is -2.39. The van der Waals surface area contributed by atoms with Gasteiger partial charge in [-0.2, -0.15) is 8.61 Å². The highest BCUT2D eigenvalue weighted by atomic mass is 32.3. The van der Waals surface area contributed by atoms with E-state index in [1.165, 1.54) is 19.4 Å². The fraction of sp³-hybridized carbons (Fsp3) is 0.455. The molecular formula is C44H62N6O12S4. The van der Waals surface area contributed by atoms with Crippen molar-refractivity contribution in [1.82, 2.24) is 8.61 Å². The van der Waals surface area contributed by atoms with E-state index in [0.717, 1.165) is 34.2 Å². The van der Waals surface area contributed by atoms with Gasteiger partial charge in [0, 0.05) is 36.9 Å². The van der Waals surface area contributed by atoms with Crippen LogP contribution in [-0.4, -0.2) is 61.8 Å². The molecule has 18 nitrogen and oxygen atoms in total. The first-order valence-electron chi connectivity index (χ1n) is 20.5. The molecule has 2 aromatic carbocycles. The Morgan fingerprint density at radius 3 is 1.30 bits per heavy atom. The minimum atomic E-state index is -3.88. The van der Waals surface area contributed by atoms with Gasteiger partial charge in [0.05, 0.1) is 23.5 Å². The lowest BCUT2D eigenvalue weighted by atomic mass is 9.85. The van der Waals surface area contributed by atoms with Crippen LogP contribution >= 0.6 is 22.7 Å². The summed E-state index contributed by atoms with van der Waals surface area (Å²) in [7, 11) is -7.74. The van der Waals surface area contributed by atoms with E-state index in [0.29, 0.717) is 17.9 Å². The summed E-state index contributed by atoms with van der Waals surface area (Å²) >= 11 is 1.69. The van der Waals surface area contributed by atoms with Gasteiger partial charge in [0.1, 0.15) is 45.8 Å². The largest absolute Gasteiger partial charge is 0.504 e. The van der Waals surface area contributed by atoms with E-state index < -0.39 is 59.3 Å². The average Bonchev–Trinajstić information content (AvgIpc) is 4.05. The van der Waals surface area contributed by atoms with Crippen LogP contribution < -0.4 is 43.0 Å². The molecule has 0 amide bonds. The minimum absolute atomic E-state index is 0. The maximum atomic E-state index is 12.8. The number of rotatable bonds is 19. The van der Waals surface area contributed by atoms with Crippen LogP contribution in [0.3, 0.4) is 0 Å². The van der Waals surface area contributed by atoms with Crippen LogP contribution in [0, 0.1) is 19.3 Å². The number of thiophene rings is 2. The number of aromatic hydroxyl groups is 2.